The topological polar surface area (TPSA) is 46.5 Å². The van der Waals surface area contributed by atoms with Crippen LogP contribution < -0.4 is 0 Å². The number of aliphatic hydroxyl groups is 1. The third-order valence-electron chi connectivity index (χ3n) is 1.77. The van der Waals surface area contributed by atoms with Crippen LogP contribution in [-0.4, -0.2) is 17.2 Å². The van der Waals surface area contributed by atoms with Gasteiger partial charge in [-0.2, -0.15) is 0 Å². The summed E-state index contributed by atoms with van der Waals surface area (Å²) in [4.78, 5) is 11.4. The molecular formula is C11H13ClO3. The van der Waals surface area contributed by atoms with E-state index in [-0.39, 0.29) is 6.10 Å². The highest BCUT2D eigenvalue weighted by Gasteiger charge is 2.21. The van der Waals surface area contributed by atoms with E-state index in [1.165, 1.54) is 0 Å². The van der Waals surface area contributed by atoms with Crippen molar-refractivity contribution in [1.82, 2.24) is 0 Å². The lowest BCUT2D eigenvalue weighted by atomic mass is 10.1. The first-order valence-electron chi connectivity index (χ1n) is 4.65. The molecule has 1 aromatic carbocycles. The smallest absolute Gasteiger partial charge is 0.339 e. The second-order valence-electron chi connectivity index (χ2n) is 3.41. The summed E-state index contributed by atoms with van der Waals surface area (Å²) in [6.45, 7) is 3.44. The molecule has 1 aromatic rings. The number of hydrogen-bond acceptors (Lipinski definition) is 3. The molecule has 0 aliphatic heterocycles. The van der Waals surface area contributed by atoms with E-state index in [0.29, 0.717) is 10.6 Å². The molecule has 0 saturated carbocycles. The Morgan fingerprint density at radius 1 is 1.40 bits per heavy atom. The second kappa shape index (κ2) is 5.14. The second-order valence-corrected chi connectivity index (χ2v) is 3.82. The largest absolute Gasteiger partial charge is 0.461 e. The van der Waals surface area contributed by atoms with Crippen molar-refractivity contribution in [3.8, 4) is 0 Å². The van der Waals surface area contributed by atoms with Crippen molar-refractivity contribution < 1.29 is 14.6 Å². The lowest BCUT2D eigenvalue weighted by Crippen LogP contribution is -2.19. The van der Waals surface area contributed by atoms with Gasteiger partial charge in [-0.15, -0.1) is 0 Å². The van der Waals surface area contributed by atoms with E-state index in [2.05, 4.69) is 0 Å². The molecule has 3 nitrogen and oxygen atoms in total. The van der Waals surface area contributed by atoms with Crippen LogP contribution in [0.15, 0.2) is 24.3 Å². The number of carbonyl (C=O) groups excluding carboxylic acids is 1. The number of rotatable bonds is 3. The van der Waals surface area contributed by atoms with Crippen molar-refractivity contribution in [3.05, 3.63) is 34.9 Å². The van der Waals surface area contributed by atoms with Gasteiger partial charge in [0.15, 0.2) is 6.10 Å². The van der Waals surface area contributed by atoms with Crippen LogP contribution in [-0.2, 0) is 9.53 Å². The fraction of sp³-hybridized carbons (Fsp3) is 0.364. The first kappa shape index (κ1) is 12.0. The van der Waals surface area contributed by atoms with Gasteiger partial charge in [0.25, 0.3) is 0 Å². The van der Waals surface area contributed by atoms with E-state index in [9.17, 15) is 9.90 Å². The lowest BCUT2D eigenvalue weighted by molar-refractivity contribution is -0.157. The van der Waals surface area contributed by atoms with E-state index >= 15 is 0 Å². The maximum Gasteiger partial charge on any atom is 0.339 e. The highest BCUT2D eigenvalue weighted by atomic mass is 35.5. The van der Waals surface area contributed by atoms with Gasteiger partial charge in [-0.25, -0.2) is 4.79 Å². The molecule has 1 rings (SSSR count). The number of esters is 1. The van der Waals surface area contributed by atoms with Gasteiger partial charge in [0, 0.05) is 10.6 Å². The van der Waals surface area contributed by atoms with E-state index in [1.54, 1.807) is 38.1 Å². The highest BCUT2D eigenvalue weighted by Crippen LogP contribution is 2.23. The van der Waals surface area contributed by atoms with Gasteiger partial charge < -0.3 is 9.84 Å². The average Bonchev–Trinajstić information content (AvgIpc) is 2.16. The number of aliphatic hydroxyl groups excluding tert-OH is 1. The molecular weight excluding hydrogens is 216 g/mol. The standard InChI is InChI=1S/C11H13ClO3/c1-7(2)15-11(14)10(13)8-5-3-4-6-9(8)12/h3-7,10,13H,1-2H3/t10-/m1/s1. The Hall–Kier alpha value is -1.06. The van der Waals surface area contributed by atoms with Gasteiger partial charge in [0.2, 0.25) is 0 Å². The van der Waals surface area contributed by atoms with Crippen molar-refractivity contribution in [1.29, 1.82) is 0 Å². The molecule has 0 saturated heterocycles. The van der Waals surface area contributed by atoms with Crippen molar-refractivity contribution >= 4 is 17.6 Å². The maximum absolute atomic E-state index is 11.4. The van der Waals surface area contributed by atoms with Gasteiger partial charge in [-0.1, -0.05) is 29.8 Å². The van der Waals surface area contributed by atoms with Crippen LogP contribution in [0.1, 0.15) is 25.5 Å². The molecule has 0 fully saturated rings. The molecule has 1 N–H and O–H groups in total. The molecule has 0 heterocycles. The molecule has 1 atom stereocenters. The van der Waals surface area contributed by atoms with Crippen LogP contribution in [0, 0.1) is 0 Å². The molecule has 0 aliphatic carbocycles. The molecule has 0 bridgehead atoms. The zero-order valence-electron chi connectivity index (χ0n) is 8.61. The maximum atomic E-state index is 11.4. The average molecular weight is 229 g/mol. The Labute approximate surface area is 93.6 Å². The summed E-state index contributed by atoms with van der Waals surface area (Å²) >= 11 is 5.83. The van der Waals surface area contributed by atoms with E-state index < -0.39 is 12.1 Å². The number of carbonyl (C=O) groups is 1. The summed E-state index contributed by atoms with van der Waals surface area (Å²) in [6, 6.07) is 6.64. The molecule has 0 spiro atoms. The van der Waals surface area contributed by atoms with Crippen LogP contribution >= 0.6 is 11.6 Å². The summed E-state index contributed by atoms with van der Waals surface area (Å²) in [7, 11) is 0. The molecule has 0 aromatic heterocycles. The minimum absolute atomic E-state index is 0.255. The lowest BCUT2D eigenvalue weighted by Gasteiger charge is -2.14. The molecule has 0 amide bonds. The van der Waals surface area contributed by atoms with Crippen LogP contribution in [0.4, 0.5) is 0 Å². The SMILES string of the molecule is CC(C)OC(=O)[C@H](O)c1ccccc1Cl. The number of hydrogen-bond donors (Lipinski definition) is 1. The monoisotopic (exact) mass is 228 g/mol. The summed E-state index contributed by atoms with van der Waals surface area (Å²) in [5.41, 5.74) is 0.366. The van der Waals surface area contributed by atoms with E-state index in [1.807, 2.05) is 0 Å². The Bertz CT molecular complexity index is 349. The normalized spacial score (nSPS) is 12.6. The van der Waals surface area contributed by atoms with E-state index in [0.717, 1.165) is 0 Å². The van der Waals surface area contributed by atoms with Gasteiger partial charge in [-0.3, -0.25) is 0 Å². The highest BCUT2D eigenvalue weighted by molar-refractivity contribution is 6.31. The van der Waals surface area contributed by atoms with Crippen LogP contribution in [0.2, 0.25) is 5.02 Å². The van der Waals surface area contributed by atoms with Crippen molar-refractivity contribution in [2.75, 3.05) is 0 Å². The van der Waals surface area contributed by atoms with E-state index in [4.69, 9.17) is 16.3 Å². The van der Waals surface area contributed by atoms with Gasteiger partial charge >= 0.3 is 5.97 Å². The Morgan fingerprint density at radius 3 is 2.53 bits per heavy atom. The summed E-state index contributed by atoms with van der Waals surface area (Å²) in [6.07, 6.45) is -1.57. The third kappa shape index (κ3) is 3.22. The first-order valence-corrected chi connectivity index (χ1v) is 5.03. The predicted molar refractivity (Wildman–Crippen MR) is 57.6 cm³/mol. The Kier molecular flexibility index (Phi) is 4.12. The Morgan fingerprint density at radius 2 is 2.00 bits per heavy atom. The van der Waals surface area contributed by atoms with Crippen molar-refractivity contribution in [2.45, 2.75) is 26.1 Å². The molecule has 4 heteroatoms. The van der Waals surface area contributed by atoms with Crippen LogP contribution in [0.5, 0.6) is 0 Å². The summed E-state index contributed by atoms with van der Waals surface area (Å²) in [5, 5.41) is 10.0. The molecule has 82 valence electrons. The Balaban J connectivity index is 2.81. The third-order valence-corrected chi connectivity index (χ3v) is 2.12. The van der Waals surface area contributed by atoms with Crippen LogP contribution in [0.3, 0.4) is 0 Å². The van der Waals surface area contributed by atoms with Gasteiger partial charge in [-0.05, 0) is 19.9 Å². The molecule has 0 aliphatic rings. The fourth-order valence-electron chi connectivity index (χ4n) is 1.12. The molecule has 0 radical (unpaired) electrons. The molecule has 15 heavy (non-hydrogen) atoms. The fourth-order valence-corrected chi connectivity index (χ4v) is 1.36. The first-order chi connectivity index (χ1) is 7.02. The minimum atomic E-state index is -1.32. The quantitative estimate of drug-likeness (QED) is 0.808. The zero-order chi connectivity index (χ0) is 11.4. The van der Waals surface area contributed by atoms with Gasteiger partial charge in [0.05, 0.1) is 6.10 Å². The zero-order valence-corrected chi connectivity index (χ0v) is 9.36. The number of benzene rings is 1. The summed E-state index contributed by atoms with van der Waals surface area (Å²) in [5.74, 6) is -0.682. The number of ether oxygens (including phenoxy) is 1. The van der Waals surface area contributed by atoms with Gasteiger partial charge in [0.1, 0.15) is 0 Å². The van der Waals surface area contributed by atoms with Crippen molar-refractivity contribution in [3.63, 3.8) is 0 Å². The minimum Gasteiger partial charge on any atom is -0.461 e. The number of halogens is 1. The molecule has 0 unspecified atom stereocenters. The summed E-state index contributed by atoms with van der Waals surface area (Å²) < 4.78 is 4.87. The predicted octanol–water partition coefficient (Wildman–Crippen LogP) is 2.33. The van der Waals surface area contributed by atoms with Crippen molar-refractivity contribution in [2.24, 2.45) is 0 Å². The van der Waals surface area contributed by atoms with Crippen LogP contribution in [0.25, 0.3) is 0 Å².